The maximum Gasteiger partial charge on any atom is 0.240 e. The van der Waals surface area contributed by atoms with E-state index >= 15 is 0 Å². The van der Waals surface area contributed by atoms with Crippen LogP contribution in [0.15, 0.2) is 72.8 Å². The Labute approximate surface area is 215 Å². The quantitative estimate of drug-likeness (QED) is 0.439. The number of para-hydroxylation sites is 2. The molecule has 1 saturated heterocycles. The Balaban J connectivity index is 1.27. The first-order valence-corrected chi connectivity index (χ1v) is 12.1. The molecule has 3 aromatic rings. The van der Waals surface area contributed by atoms with Crippen LogP contribution < -0.4 is 25.4 Å². The number of methoxy groups -OCH3 is 1. The summed E-state index contributed by atoms with van der Waals surface area (Å²) in [7, 11) is 1.66. The molecule has 0 radical (unpaired) electrons. The van der Waals surface area contributed by atoms with Crippen LogP contribution in [0, 0.1) is 5.82 Å². The number of nitrogens with zero attached hydrogens (tertiary/aromatic N) is 2. The van der Waals surface area contributed by atoms with E-state index in [0.29, 0.717) is 24.6 Å². The number of amides is 2. The van der Waals surface area contributed by atoms with Gasteiger partial charge in [-0.25, -0.2) is 4.39 Å². The van der Waals surface area contributed by atoms with Crippen molar-refractivity contribution in [3.8, 4) is 17.2 Å². The first kappa shape index (κ1) is 26.0. The third kappa shape index (κ3) is 7.20. The van der Waals surface area contributed by atoms with E-state index in [2.05, 4.69) is 15.1 Å². The molecular weight excluding hydrogens is 475 g/mol. The zero-order chi connectivity index (χ0) is 26.2. The Kier molecular flexibility index (Phi) is 8.58. The molecule has 1 aliphatic heterocycles. The third-order valence-corrected chi connectivity index (χ3v) is 6.26. The number of nitrogens with two attached hydrogens (primary N) is 1. The zero-order valence-electron chi connectivity index (χ0n) is 20.7. The topological polar surface area (TPSA) is 97.1 Å². The van der Waals surface area contributed by atoms with Gasteiger partial charge in [-0.2, -0.15) is 0 Å². The Morgan fingerprint density at radius 3 is 2.19 bits per heavy atom. The van der Waals surface area contributed by atoms with E-state index < -0.39 is 11.9 Å². The van der Waals surface area contributed by atoms with Crippen LogP contribution in [-0.4, -0.2) is 62.6 Å². The first-order valence-electron chi connectivity index (χ1n) is 12.1. The molecule has 1 unspecified atom stereocenters. The van der Waals surface area contributed by atoms with E-state index in [-0.39, 0.29) is 24.7 Å². The lowest BCUT2D eigenvalue weighted by Gasteiger charge is -2.36. The summed E-state index contributed by atoms with van der Waals surface area (Å²) in [5.41, 5.74) is 7.44. The Morgan fingerprint density at radius 2 is 1.57 bits per heavy atom. The van der Waals surface area contributed by atoms with E-state index in [9.17, 15) is 14.0 Å². The molecule has 0 aromatic heterocycles. The minimum atomic E-state index is -0.828. The molecular formula is C28H31FN4O4. The molecule has 194 valence electrons. The molecule has 0 saturated carbocycles. The van der Waals surface area contributed by atoms with Crippen LogP contribution in [-0.2, 0) is 16.0 Å². The third-order valence-electron chi connectivity index (χ3n) is 6.26. The second kappa shape index (κ2) is 12.2. The molecule has 1 aliphatic rings. The highest BCUT2D eigenvalue weighted by Crippen LogP contribution is 2.28. The van der Waals surface area contributed by atoms with Crippen LogP contribution in [0.3, 0.4) is 0 Å². The molecule has 1 atom stereocenters. The normalized spacial score (nSPS) is 14.6. The number of rotatable bonds is 10. The Bertz CT molecular complexity index is 1200. The van der Waals surface area contributed by atoms with E-state index in [1.807, 2.05) is 24.3 Å². The van der Waals surface area contributed by atoms with Gasteiger partial charge >= 0.3 is 0 Å². The summed E-state index contributed by atoms with van der Waals surface area (Å²) in [6, 6.07) is 19.9. The van der Waals surface area contributed by atoms with E-state index in [1.165, 1.54) is 12.1 Å². The number of carbonyl (C=O) groups is 2. The number of hydrogen-bond donors (Lipinski definition) is 2. The summed E-state index contributed by atoms with van der Waals surface area (Å²) < 4.78 is 24.2. The fraction of sp³-hybridized carbons (Fsp3) is 0.286. The van der Waals surface area contributed by atoms with Crippen LogP contribution in [0.4, 0.5) is 10.1 Å². The molecule has 1 fully saturated rings. The van der Waals surface area contributed by atoms with Gasteiger partial charge in [-0.3, -0.25) is 14.5 Å². The molecule has 3 aromatic carbocycles. The molecule has 2 amide bonds. The second-order valence-electron chi connectivity index (χ2n) is 8.86. The monoisotopic (exact) mass is 506 g/mol. The second-order valence-corrected chi connectivity index (χ2v) is 8.86. The lowest BCUT2D eigenvalue weighted by atomic mass is 10.1. The fourth-order valence-electron chi connectivity index (χ4n) is 4.27. The van der Waals surface area contributed by atoms with Gasteiger partial charge in [-0.15, -0.1) is 0 Å². The minimum absolute atomic E-state index is 0.188. The van der Waals surface area contributed by atoms with Gasteiger partial charge in [0.05, 0.1) is 19.3 Å². The molecule has 4 rings (SSSR count). The minimum Gasteiger partial charge on any atom is -0.495 e. The van der Waals surface area contributed by atoms with Crippen molar-refractivity contribution in [1.82, 2.24) is 10.2 Å². The highest BCUT2D eigenvalue weighted by Gasteiger charge is 2.24. The number of piperazine rings is 1. The van der Waals surface area contributed by atoms with Crippen molar-refractivity contribution in [3.63, 3.8) is 0 Å². The summed E-state index contributed by atoms with van der Waals surface area (Å²) in [6.45, 7) is 3.14. The SMILES string of the molecule is COc1ccccc1N1CCN(CC(=O)NC(Cc2ccc(Oc3ccc(F)cc3)cc2)C(N)=O)CC1. The Hall–Kier alpha value is -4.11. The van der Waals surface area contributed by atoms with Gasteiger partial charge in [0, 0.05) is 32.6 Å². The molecule has 0 bridgehead atoms. The van der Waals surface area contributed by atoms with Crippen molar-refractivity contribution in [3.05, 3.63) is 84.2 Å². The summed E-state index contributed by atoms with van der Waals surface area (Å²) in [6.07, 6.45) is 0.263. The van der Waals surface area contributed by atoms with Crippen LogP contribution in [0.2, 0.25) is 0 Å². The average molecular weight is 507 g/mol. The standard InChI is InChI=1S/C28H31FN4O4/c1-36-26-5-3-2-4-25(26)33-16-14-32(15-17-33)19-27(34)31-24(28(30)35)18-20-6-10-22(11-7-20)37-23-12-8-21(29)9-13-23/h2-13,24H,14-19H2,1H3,(H2,30,35)(H,31,34). The van der Waals surface area contributed by atoms with Gasteiger partial charge in [0.25, 0.3) is 0 Å². The number of ether oxygens (including phenoxy) is 2. The summed E-state index contributed by atoms with van der Waals surface area (Å²) >= 11 is 0. The van der Waals surface area contributed by atoms with Gasteiger partial charge in [-0.1, -0.05) is 24.3 Å². The molecule has 8 nitrogen and oxygen atoms in total. The number of nitrogens with one attached hydrogen (secondary N) is 1. The van der Waals surface area contributed by atoms with Crippen LogP contribution in [0.1, 0.15) is 5.56 Å². The number of carbonyl (C=O) groups excluding carboxylic acids is 2. The summed E-state index contributed by atoms with van der Waals surface area (Å²) in [5.74, 6) is 0.736. The highest BCUT2D eigenvalue weighted by atomic mass is 19.1. The lowest BCUT2D eigenvalue weighted by Crippen LogP contribution is -2.52. The van der Waals surface area contributed by atoms with Crippen molar-refractivity contribution in [2.45, 2.75) is 12.5 Å². The largest absolute Gasteiger partial charge is 0.495 e. The van der Waals surface area contributed by atoms with Crippen LogP contribution in [0.5, 0.6) is 17.2 Å². The average Bonchev–Trinajstić information content (AvgIpc) is 2.91. The zero-order valence-corrected chi connectivity index (χ0v) is 20.7. The lowest BCUT2D eigenvalue weighted by molar-refractivity contribution is -0.128. The van der Waals surface area contributed by atoms with Crippen molar-refractivity contribution < 1.29 is 23.5 Å². The first-order chi connectivity index (χ1) is 17.9. The molecule has 1 heterocycles. The summed E-state index contributed by atoms with van der Waals surface area (Å²) in [4.78, 5) is 29.1. The van der Waals surface area contributed by atoms with Crippen molar-refractivity contribution in [2.24, 2.45) is 5.73 Å². The molecule has 0 aliphatic carbocycles. The molecule has 0 spiro atoms. The van der Waals surface area contributed by atoms with E-state index in [0.717, 1.165) is 30.1 Å². The maximum absolute atomic E-state index is 13.1. The predicted octanol–water partition coefficient (Wildman–Crippen LogP) is 2.96. The van der Waals surface area contributed by atoms with E-state index in [1.54, 1.807) is 43.5 Å². The predicted molar refractivity (Wildman–Crippen MR) is 139 cm³/mol. The van der Waals surface area contributed by atoms with Gasteiger partial charge in [-0.05, 0) is 54.1 Å². The smallest absolute Gasteiger partial charge is 0.240 e. The van der Waals surface area contributed by atoms with Gasteiger partial charge in [0.2, 0.25) is 11.8 Å². The van der Waals surface area contributed by atoms with Crippen molar-refractivity contribution in [1.29, 1.82) is 0 Å². The maximum atomic E-state index is 13.1. The molecule has 37 heavy (non-hydrogen) atoms. The number of anilines is 1. The molecule has 3 N–H and O–H groups in total. The van der Waals surface area contributed by atoms with Crippen molar-refractivity contribution in [2.75, 3.05) is 44.7 Å². The Morgan fingerprint density at radius 1 is 0.946 bits per heavy atom. The summed E-state index contributed by atoms with van der Waals surface area (Å²) in [5, 5.41) is 2.78. The number of benzene rings is 3. The number of halogens is 1. The number of hydrogen-bond acceptors (Lipinski definition) is 6. The fourth-order valence-corrected chi connectivity index (χ4v) is 4.27. The van der Waals surface area contributed by atoms with E-state index in [4.69, 9.17) is 15.2 Å². The van der Waals surface area contributed by atoms with Gasteiger partial charge < -0.3 is 25.4 Å². The van der Waals surface area contributed by atoms with Gasteiger partial charge in [0.15, 0.2) is 0 Å². The number of primary amides is 1. The van der Waals surface area contributed by atoms with Crippen molar-refractivity contribution >= 4 is 17.5 Å². The van der Waals surface area contributed by atoms with Crippen LogP contribution >= 0.6 is 0 Å². The van der Waals surface area contributed by atoms with Crippen LogP contribution in [0.25, 0.3) is 0 Å². The van der Waals surface area contributed by atoms with Gasteiger partial charge in [0.1, 0.15) is 29.1 Å². The molecule has 9 heteroatoms. The highest BCUT2D eigenvalue weighted by molar-refractivity contribution is 5.87.